The van der Waals surface area contributed by atoms with Gasteiger partial charge >= 0.3 is 0 Å². The summed E-state index contributed by atoms with van der Waals surface area (Å²) in [5.41, 5.74) is 1.72. The topological polar surface area (TPSA) is 54.7 Å². The molecule has 1 saturated carbocycles. The van der Waals surface area contributed by atoms with Gasteiger partial charge in [0, 0.05) is 37.1 Å². The summed E-state index contributed by atoms with van der Waals surface area (Å²) in [6.45, 7) is 1.60. The number of ether oxygens (including phenoxy) is 1. The van der Waals surface area contributed by atoms with Gasteiger partial charge in [0.15, 0.2) is 0 Å². The highest BCUT2D eigenvalue weighted by molar-refractivity contribution is 5.99. The third kappa shape index (κ3) is 2.87. The van der Waals surface area contributed by atoms with Gasteiger partial charge in [-0.1, -0.05) is 18.2 Å². The van der Waals surface area contributed by atoms with E-state index in [0.717, 1.165) is 23.7 Å². The van der Waals surface area contributed by atoms with Gasteiger partial charge in [-0.3, -0.25) is 4.79 Å². The quantitative estimate of drug-likeness (QED) is 0.849. The van der Waals surface area contributed by atoms with Crippen LogP contribution in [0.2, 0.25) is 0 Å². The smallest absolute Gasteiger partial charge is 0.270 e. The van der Waals surface area contributed by atoms with E-state index in [4.69, 9.17) is 4.74 Å². The Morgan fingerprint density at radius 1 is 1.41 bits per heavy atom. The summed E-state index contributed by atoms with van der Waals surface area (Å²) >= 11 is 0. The number of carbonyl (C=O) groups is 1. The normalized spacial score (nSPS) is 14.5. The van der Waals surface area contributed by atoms with Crippen LogP contribution in [0.3, 0.4) is 0 Å². The third-order valence-electron chi connectivity index (χ3n) is 4.14. The van der Waals surface area contributed by atoms with E-state index in [1.807, 2.05) is 34.9 Å². The number of aliphatic hydroxyl groups is 1. The molecule has 0 saturated heterocycles. The first-order valence-electron chi connectivity index (χ1n) is 7.75. The molecule has 118 valence electrons. The van der Waals surface area contributed by atoms with Gasteiger partial charge < -0.3 is 19.3 Å². The molecule has 1 heterocycles. The van der Waals surface area contributed by atoms with Crippen LogP contribution in [-0.4, -0.2) is 53.4 Å². The van der Waals surface area contributed by atoms with Crippen molar-refractivity contribution < 1.29 is 14.6 Å². The molecule has 1 aromatic heterocycles. The van der Waals surface area contributed by atoms with Gasteiger partial charge in [-0.25, -0.2) is 0 Å². The number of amides is 1. The van der Waals surface area contributed by atoms with E-state index >= 15 is 0 Å². The van der Waals surface area contributed by atoms with Gasteiger partial charge in [0.1, 0.15) is 5.69 Å². The fraction of sp³-hybridized carbons (Fsp3) is 0.471. The lowest BCUT2D eigenvalue weighted by Crippen LogP contribution is -2.36. The number of aromatic nitrogens is 1. The maximum atomic E-state index is 12.9. The van der Waals surface area contributed by atoms with E-state index in [1.54, 1.807) is 12.0 Å². The summed E-state index contributed by atoms with van der Waals surface area (Å²) < 4.78 is 7.20. The van der Waals surface area contributed by atoms with E-state index in [9.17, 15) is 9.90 Å². The lowest BCUT2D eigenvalue weighted by atomic mass is 10.2. The maximum absolute atomic E-state index is 12.9. The summed E-state index contributed by atoms with van der Waals surface area (Å²) in [6, 6.07) is 10.2. The SMILES string of the molecule is COCCn1c(C(=O)N(CCO)C2CC2)cc2ccccc21. The van der Waals surface area contributed by atoms with Crippen LogP contribution in [0.15, 0.2) is 30.3 Å². The molecular formula is C17H22N2O3. The Kier molecular flexibility index (Phi) is 4.45. The molecule has 0 bridgehead atoms. The first-order valence-corrected chi connectivity index (χ1v) is 7.75. The van der Waals surface area contributed by atoms with Gasteiger partial charge in [-0.05, 0) is 25.0 Å². The van der Waals surface area contributed by atoms with Crippen LogP contribution < -0.4 is 0 Å². The highest BCUT2D eigenvalue weighted by Crippen LogP contribution is 2.29. The molecule has 0 aliphatic heterocycles. The van der Waals surface area contributed by atoms with E-state index in [2.05, 4.69) is 0 Å². The minimum Gasteiger partial charge on any atom is -0.395 e. The van der Waals surface area contributed by atoms with Gasteiger partial charge in [0.05, 0.1) is 13.2 Å². The Bertz CT molecular complexity index is 661. The number of aliphatic hydroxyl groups excluding tert-OH is 1. The molecular weight excluding hydrogens is 280 g/mol. The van der Waals surface area contributed by atoms with Crippen molar-refractivity contribution >= 4 is 16.8 Å². The number of fused-ring (bicyclic) bond motifs is 1. The third-order valence-corrected chi connectivity index (χ3v) is 4.14. The van der Waals surface area contributed by atoms with E-state index in [-0.39, 0.29) is 18.6 Å². The van der Waals surface area contributed by atoms with Crippen molar-refractivity contribution in [1.82, 2.24) is 9.47 Å². The molecule has 1 N–H and O–H groups in total. The molecule has 1 aromatic carbocycles. The summed E-state index contributed by atoms with van der Waals surface area (Å²) in [5, 5.41) is 10.3. The second-order valence-electron chi connectivity index (χ2n) is 5.69. The monoisotopic (exact) mass is 302 g/mol. The average molecular weight is 302 g/mol. The number of carbonyl (C=O) groups excluding carboxylic acids is 1. The van der Waals surface area contributed by atoms with Crippen molar-refractivity contribution in [3.63, 3.8) is 0 Å². The van der Waals surface area contributed by atoms with Gasteiger partial charge in [-0.15, -0.1) is 0 Å². The van der Waals surface area contributed by atoms with E-state index in [0.29, 0.717) is 25.4 Å². The van der Waals surface area contributed by atoms with E-state index < -0.39 is 0 Å². The number of para-hydroxylation sites is 1. The van der Waals surface area contributed by atoms with Crippen LogP contribution in [0.25, 0.3) is 10.9 Å². The number of rotatable bonds is 7. The summed E-state index contributed by atoms with van der Waals surface area (Å²) in [6.07, 6.45) is 2.06. The molecule has 0 atom stereocenters. The zero-order valence-corrected chi connectivity index (χ0v) is 12.9. The van der Waals surface area contributed by atoms with Crippen molar-refractivity contribution in [1.29, 1.82) is 0 Å². The first kappa shape index (κ1) is 15.1. The number of methoxy groups -OCH3 is 1. The zero-order valence-electron chi connectivity index (χ0n) is 12.9. The molecule has 22 heavy (non-hydrogen) atoms. The molecule has 0 radical (unpaired) electrons. The predicted molar refractivity (Wildman–Crippen MR) is 85.0 cm³/mol. The van der Waals surface area contributed by atoms with Crippen LogP contribution >= 0.6 is 0 Å². The Morgan fingerprint density at radius 3 is 2.86 bits per heavy atom. The summed E-state index contributed by atoms with van der Waals surface area (Å²) in [7, 11) is 1.66. The largest absolute Gasteiger partial charge is 0.395 e. The van der Waals surface area contributed by atoms with Gasteiger partial charge in [0.25, 0.3) is 5.91 Å². The molecule has 0 unspecified atom stereocenters. The minimum absolute atomic E-state index is 0.000535. The van der Waals surface area contributed by atoms with E-state index in [1.165, 1.54) is 0 Å². The standard InChI is InChI=1S/C17H22N2O3/c1-22-11-9-19-15-5-3-2-4-13(15)12-16(19)17(21)18(8-10-20)14-6-7-14/h2-5,12,14,20H,6-11H2,1H3. The lowest BCUT2D eigenvalue weighted by Gasteiger charge is -2.22. The van der Waals surface area contributed by atoms with Crippen molar-refractivity contribution in [3.8, 4) is 0 Å². The molecule has 1 aliphatic rings. The molecule has 0 spiro atoms. The molecule has 5 heteroatoms. The molecule has 1 fully saturated rings. The Balaban J connectivity index is 1.98. The number of nitrogens with zero attached hydrogens (tertiary/aromatic N) is 2. The number of hydrogen-bond acceptors (Lipinski definition) is 3. The number of benzene rings is 1. The molecule has 5 nitrogen and oxygen atoms in total. The molecule has 2 aromatic rings. The van der Waals surface area contributed by atoms with Crippen molar-refractivity contribution in [2.75, 3.05) is 26.9 Å². The van der Waals surface area contributed by atoms with Gasteiger partial charge in [-0.2, -0.15) is 0 Å². The first-order chi connectivity index (χ1) is 10.8. The van der Waals surface area contributed by atoms with Crippen LogP contribution in [0, 0.1) is 0 Å². The highest BCUT2D eigenvalue weighted by atomic mass is 16.5. The second kappa shape index (κ2) is 6.50. The molecule has 1 aliphatic carbocycles. The van der Waals surface area contributed by atoms with Crippen LogP contribution in [0.4, 0.5) is 0 Å². The minimum atomic E-state index is 0.000535. The highest BCUT2D eigenvalue weighted by Gasteiger charge is 2.34. The van der Waals surface area contributed by atoms with Crippen molar-refractivity contribution in [3.05, 3.63) is 36.0 Å². The van der Waals surface area contributed by atoms with Gasteiger partial charge in [0.2, 0.25) is 0 Å². The second-order valence-corrected chi connectivity index (χ2v) is 5.69. The zero-order chi connectivity index (χ0) is 15.5. The number of hydrogen-bond donors (Lipinski definition) is 1. The fourth-order valence-electron chi connectivity index (χ4n) is 2.90. The lowest BCUT2D eigenvalue weighted by molar-refractivity contribution is 0.0695. The fourth-order valence-corrected chi connectivity index (χ4v) is 2.90. The molecule has 3 rings (SSSR count). The van der Waals surface area contributed by atoms with Crippen LogP contribution in [0.1, 0.15) is 23.3 Å². The average Bonchev–Trinajstić information content (AvgIpc) is 3.31. The Hall–Kier alpha value is -1.85. The van der Waals surface area contributed by atoms with Crippen LogP contribution in [-0.2, 0) is 11.3 Å². The molecule has 1 amide bonds. The Morgan fingerprint density at radius 2 is 2.18 bits per heavy atom. The van der Waals surface area contributed by atoms with Crippen molar-refractivity contribution in [2.45, 2.75) is 25.4 Å². The predicted octanol–water partition coefficient (Wildman–Crippen LogP) is 1.88. The Labute approximate surface area is 130 Å². The van der Waals surface area contributed by atoms with Crippen molar-refractivity contribution in [2.24, 2.45) is 0 Å². The van der Waals surface area contributed by atoms with Crippen LogP contribution in [0.5, 0.6) is 0 Å². The summed E-state index contributed by atoms with van der Waals surface area (Å²) in [5.74, 6) is 0.00357. The summed E-state index contributed by atoms with van der Waals surface area (Å²) in [4.78, 5) is 14.7. The maximum Gasteiger partial charge on any atom is 0.270 e.